The highest BCUT2D eigenvalue weighted by atomic mass is 79.9. The molecular weight excluding hydrogens is 350 g/mol. The van der Waals surface area contributed by atoms with Crippen molar-refractivity contribution in [3.63, 3.8) is 0 Å². The summed E-state index contributed by atoms with van der Waals surface area (Å²) in [7, 11) is 0. The number of furan rings is 1. The first-order valence-electron chi connectivity index (χ1n) is 6.23. The fourth-order valence-electron chi connectivity index (χ4n) is 2.16. The summed E-state index contributed by atoms with van der Waals surface area (Å²) in [4.78, 5) is 2.08. The zero-order valence-corrected chi connectivity index (χ0v) is 13.3. The molecule has 0 aliphatic carbocycles. The van der Waals surface area contributed by atoms with E-state index in [0.717, 1.165) is 22.3 Å². The molecule has 21 heavy (non-hydrogen) atoms. The number of hydrogen-bond acceptors (Lipinski definition) is 5. The molecule has 0 spiro atoms. The lowest BCUT2D eigenvalue weighted by atomic mass is 10.1. The molecule has 0 saturated heterocycles. The van der Waals surface area contributed by atoms with Crippen LogP contribution in [0, 0.1) is 0 Å². The standard InChI is InChI=1S/C15H11N3OS.BrH/c1-2-5-11(6-3-1)13-10-20-15-17-16-12(9-18(13)15)14-7-4-8-19-14;/h1-10,16H;1H/p-1. The average Bonchev–Trinajstić information content (AvgIpc) is 3.17. The summed E-state index contributed by atoms with van der Waals surface area (Å²) in [6.07, 6.45) is 3.67. The fourth-order valence-corrected chi connectivity index (χ4v) is 2.99. The normalized spacial score (nSPS) is 16.2. The van der Waals surface area contributed by atoms with Crippen molar-refractivity contribution < 1.29 is 21.4 Å². The van der Waals surface area contributed by atoms with E-state index in [1.54, 1.807) is 18.0 Å². The Hall–Kier alpha value is -1.92. The Morgan fingerprint density at radius 3 is 2.71 bits per heavy atom. The van der Waals surface area contributed by atoms with Crippen molar-refractivity contribution in [2.24, 2.45) is 5.10 Å². The molecule has 0 atom stereocenters. The summed E-state index contributed by atoms with van der Waals surface area (Å²) >= 11 is 1.60. The second-order valence-electron chi connectivity index (χ2n) is 4.38. The van der Waals surface area contributed by atoms with E-state index in [1.807, 2.05) is 36.5 Å². The molecule has 0 unspecified atom stereocenters. The number of benzene rings is 1. The Morgan fingerprint density at radius 1 is 1.10 bits per heavy atom. The van der Waals surface area contributed by atoms with Crippen LogP contribution >= 0.6 is 11.8 Å². The number of hydrogen-bond donors (Lipinski definition) is 1. The van der Waals surface area contributed by atoms with Gasteiger partial charge in [-0.25, -0.2) is 0 Å². The van der Waals surface area contributed by atoms with E-state index in [4.69, 9.17) is 4.42 Å². The predicted molar refractivity (Wildman–Crippen MR) is 81.1 cm³/mol. The maximum absolute atomic E-state index is 5.41. The van der Waals surface area contributed by atoms with Gasteiger partial charge in [0.05, 0.1) is 12.0 Å². The van der Waals surface area contributed by atoms with E-state index in [-0.39, 0.29) is 17.0 Å². The van der Waals surface area contributed by atoms with Crippen LogP contribution in [0.25, 0.3) is 11.4 Å². The number of nitrogens with one attached hydrogen (secondary N) is 1. The number of thioether (sulfide) groups is 1. The topological polar surface area (TPSA) is 40.8 Å². The van der Waals surface area contributed by atoms with Crippen LogP contribution in [0.2, 0.25) is 0 Å². The van der Waals surface area contributed by atoms with Gasteiger partial charge >= 0.3 is 0 Å². The molecule has 0 fully saturated rings. The van der Waals surface area contributed by atoms with Gasteiger partial charge in [-0.05, 0) is 17.7 Å². The Balaban J connectivity index is 0.00000132. The summed E-state index contributed by atoms with van der Waals surface area (Å²) in [5, 5.41) is 7.40. The molecule has 6 heteroatoms. The molecule has 3 heterocycles. The van der Waals surface area contributed by atoms with Crippen LogP contribution in [-0.2, 0) is 0 Å². The van der Waals surface area contributed by atoms with Crippen molar-refractivity contribution in [3.05, 3.63) is 71.7 Å². The summed E-state index contributed by atoms with van der Waals surface area (Å²) in [5.41, 5.74) is 6.17. The second-order valence-corrected chi connectivity index (χ2v) is 5.22. The second kappa shape index (κ2) is 5.83. The van der Waals surface area contributed by atoms with Crippen molar-refractivity contribution >= 4 is 28.3 Å². The maximum Gasteiger partial charge on any atom is 0.196 e. The SMILES string of the molecule is C1=C(c2ccco2)NN=C2SC=C(c3ccccc3)N12.[Br-]. The van der Waals surface area contributed by atoms with Gasteiger partial charge in [-0.15, -0.1) is 5.10 Å². The summed E-state index contributed by atoms with van der Waals surface area (Å²) in [6.45, 7) is 0. The minimum Gasteiger partial charge on any atom is -1.00 e. The number of nitrogens with zero attached hydrogens (tertiary/aromatic N) is 2. The molecule has 0 saturated carbocycles. The van der Waals surface area contributed by atoms with E-state index in [0.29, 0.717) is 0 Å². The lowest BCUT2D eigenvalue weighted by molar-refractivity contribution is -0.00000428. The monoisotopic (exact) mass is 360 g/mol. The predicted octanol–water partition coefficient (Wildman–Crippen LogP) is 0.504. The maximum atomic E-state index is 5.41. The van der Waals surface area contributed by atoms with E-state index in [2.05, 4.69) is 33.0 Å². The fraction of sp³-hybridized carbons (Fsp3) is 0. The van der Waals surface area contributed by atoms with Gasteiger partial charge in [0.25, 0.3) is 0 Å². The molecule has 106 valence electrons. The van der Waals surface area contributed by atoms with Gasteiger partial charge in [-0.2, -0.15) is 0 Å². The molecule has 0 bridgehead atoms. The minimum atomic E-state index is 0. The van der Waals surface area contributed by atoms with E-state index >= 15 is 0 Å². The van der Waals surface area contributed by atoms with Gasteiger partial charge in [0.2, 0.25) is 0 Å². The third-order valence-electron chi connectivity index (χ3n) is 3.13. The number of fused-ring (bicyclic) bond motifs is 1. The Bertz CT molecular complexity index is 723. The number of amidine groups is 1. The van der Waals surface area contributed by atoms with Crippen molar-refractivity contribution in [3.8, 4) is 0 Å². The van der Waals surface area contributed by atoms with Gasteiger partial charge in [0.15, 0.2) is 10.9 Å². The van der Waals surface area contributed by atoms with Gasteiger partial charge in [-0.1, -0.05) is 42.1 Å². The molecule has 0 radical (unpaired) electrons. The largest absolute Gasteiger partial charge is 1.00 e. The van der Waals surface area contributed by atoms with Crippen molar-refractivity contribution in [1.29, 1.82) is 0 Å². The first kappa shape index (κ1) is 14.0. The molecule has 2 aliphatic heterocycles. The molecule has 2 aromatic rings. The first-order valence-corrected chi connectivity index (χ1v) is 7.11. The summed E-state index contributed by atoms with van der Waals surface area (Å²) in [5.74, 6) is 0.775. The molecular formula is C15H11BrN3OS-. The Kier molecular flexibility index (Phi) is 3.90. The van der Waals surface area contributed by atoms with Crippen LogP contribution in [0.3, 0.4) is 0 Å². The number of hydrazone groups is 1. The van der Waals surface area contributed by atoms with Crippen LogP contribution in [0.5, 0.6) is 0 Å². The quantitative estimate of drug-likeness (QED) is 0.846. The van der Waals surface area contributed by atoms with Crippen LogP contribution < -0.4 is 22.4 Å². The van der Waals surface area contributed by atoms with E-state index < -0.39 is 0 Å². The highest BCUT2D eigenvalue weighted by Crippen LogP contribution is 2.36. The Labute approximate surface area is 137 Å². The lowest BCUT2D eigenvalue weighted by Crippen LogP contribution is -3.00. The number of halogens is 1. The van der Waals surface area contributed by atoms with Crippen LogP contribution in [-0.4, -0.2) is 10.1 Å². The summed E-state index contributed by atoms with van der Waals surface area (Å²) < 4.78 is 5.41. The number of rotatable bonds is 2. The van der Waals surface area contributed by atoms with Gasteiger partial charge in [-0.3, -0.25) is 10.3 Å². The van der Waals surface area contributed by atoms with Crippen LogP contribution in [0.1, 0.15) is 11.3 Å². The van der Waals surface area contributed by atoms with E-state index in [1.165, 1.54) is 5.56 Å². The minimum absolute atomic E-state index is 0. The van der Waals surface area contributed by atoms with Crippen LogP contribution in [0.15, 0.2) is 69.9 Å². The van der Waals surface area contributed by atoms with Gasteiger partial charge in [0.1, 0.15) is 5.70 Å². The van der Waals surface area contributed by atoms with Gasteiger partial charge in [0, 0.05) is 11.6 Å². The van der Waals surface area contributed by atoms with Crippen LogP contribution in [0.4, 0.5) is 0 Å². The van der Waals surface area contributed by atoms with Crippen molar-refractivity contribution in [2.45, 2.75) is 0 Å². The Morgan fingerprint density at radius 2 is 1.95 bits per heavy atom. The highest BCUT2D eigenvalue weighted by Gasteiger charge is 2.26. The lowest BCUT2D eigenvalue weighted by Gasteiger charge is -2.23. The third kappa shape index (κ3) is 2.52. The molecule has 4 rings (SSSR count). The molecule has 2 aliphatic rings. The molecule has 4 nitrogen and oxygen atoms in total. The zero-order valence-electron chi connectivity index (χ0n) is 10.9. The van der Waals surface area contributed by atoms with E-state index in [9.17, 15) is 0 Å². The molecule has 1 aromatic heterocycles. The highest BCUT2D eigenvalue weighted by molar-refractivity contribution is 8.16. The third-order valence-corrected chi connectivity index (χ3v) is 3.97. The molecule has 1 N–H and O–H groups in total. The van der Waals surface area contributed by atoms with Gasteiger partial charge < -0.3 is 21.4 Å². The average molecular weight is 361 g/mol. The molecule has 0 amide bonds. The smallest absolute Gasteiger partial charge is 0.196 e. The van der Waals surface area contributed by atoms with Crippen molar-refractivity contribution in [2.75, 3.05) is 0 Å². The zero-order chi connectivity index (χ0) is 13.4. The summed E-state index contributed by atoms with van der Waals surface area (Å²) in [6, 6.07) is 14.1. The first-order chi connectivity index (χ1) is 9.92. The van der Waals surface area contributed by atoms with Crippen molar-refractivity contribution in [1.82, 2.24) is 10.3 Å². The molecule has 1 aromatic carbocycles.